The smallest absolute Gasteiger partial charge is 0.248 e. The minimum atomic E-state index is -0.402. The number of ether oxygens (including phenoxy) is 2. The first-order valence-electron chi connectivity index (χ1n) is 6.04. The van der Waals surface area contributed by atoms with Crippen molar-refractivity contribution in [1.82, 2.24) is 5.32 Å². The van der Waals surface area contributed by atoms with Crippen molar-refractivity contribution < 1.29 is 14.3 Å². The number of hydrogen-bond donors (Lipinski definition) is 2. The molecule has 1 amide bonds. The van der Waals surface area contributed by atoms with Crippen LogP contribution in [-0.2, 0) is 16.0 Å². The monoisotopic (exact) mass is 250 g/mol. The minimum Gasteiger partial charge on any atom is -0.376 e. The lowest BCUT2D eigenvalue weighted by Crippen LogP contribution is -2.37. The number of amides is 1. The first-order chi connectivity index (χ1) is 8.75. The predicted molar refractivity (Wildman–Crippen MR) is 67.2 cm³/mol. The highest BCUT2D eigenvalue weighted by atomic mass is 16.6. The van der Waals surface area contributed by atoms with E-state index >= 15 is 0 Å². The predicted octanol–water partition coefficient (Wildman–Crippen LogP) is 0.290. The van der Waals surface area contributed by atoms with Crippen molar-refractivity contribution in [2.45, 2.75) is 12.6 Å². The molecule has 1 aromatic rings. The lowest BCUT2D eigenvalue weighted by Gasteiger charge is -2.23. The molecule has 1 fully saturated rings. The van der Waals surface area contributed by atoms with Gasteiger partial charge in [-0.05, 0) is 17.7 Å². The Bertz CT molecular complexity index is 403. The van der Waals surface area contributed by atoms with E-state index in [2.05, 4.69) is 5.32 Å². The molecule has 1 heterocycles. The molecule has 0 spiro atoms. The molecule has 0 aromatic heterocycles. The largest absolute Gasteiger partial charge is 0.376 e. The molecule has 3 N–H and O–H groups in total. The number of nitrogens with one attached hydrogen (secondary N) is 1. The third-order valence-corrected chi connectivity index (χ3v) is 2.80. The van der Waals surface area contributed by atoms with Gasteiger partial charge in [-0.25, -0.2) is 0 Å². The molecule has 1 aliphatic heterocycles. The van der Waals surface area contributed by atoms with Crippen molar-refractivity contribution >= 4 is 5.91 Å². The lowest BCUT2D eigenvalue weighted by atomic mass is 10.1. The van der Waals surface area contributed by atoms with Gasteiger partial charge in [-0.15, -0.1) is 0 Å². The Kier molecular flexibility index (Phi) is 4.69. The van der Waals surface area contributed by atoms with Crippen LogP contribution in [0.1, 0.15) is 15.9 Å². The number of nitrogens with two attached hydrogens (primary N) is 1. The number of primary amides is 1. The topological polar surface area (TPSA) is 73.6 Å². The average molecular weight is 250 g/mol. The SMILES string of the molecule is NC(=O)c1cccc(CNCC2COCCO2)c1. The molecule has 18 heavy (non-hydrogen) atoms. The molecular weight excluding hydrogens is 232 g/mol. The fraction of sp³-hybridized carbons (Fsp3) is 0.462. The fourth-order valence-corrected chi connectivity index (χ4v) is 1.87. The Morgan fingerprint density at radius 3 is 3.06 bits per heavy atom. The molecule has 1 saturated heterocycles. The van der Waals surface area contributed by atoms with E-state index in [0.717, 1.165) is 12.1 Å². The van der Waals surface area contributed by atoms with Crippen molar-refractivity contribution in [2.24, 2.45) is 5.73 Å². The molecule has 1 aliphatic rings. The summed E-state index contributed by atoms with van der Waals surface area (Å²) in [7, 11) is 0. The van der Waals surface area contributed by atoms with Crippen molar-refractivity contribution in [3.05, 3.63) is 35.4 Å². The highest BCUT2D eigenvalue weighted by Gasteiger charge is 2.13. The van der Waals surface area contributed by atoms with Crippen LogP contribution in [0.3, 0.4) is 0 Å². The van der Waals surface area contributed by atoms with E-state index in [1.54, 1.807) is 12.1 Å². The fourth-order valence-electron chi connectivity index (χ4n) is 1.87. The summed E-state index contributed by atoms with van der Waals surface area (Å²) in [6.45, 7) is 3.39. The van der Waals surface area contributed by atoms with Crippen LogP contribution >= 0.6 is 0 Å². The van der Waals surface area contributed by atoms with Gasteiger partial charge in [0, 0.05) is 18.7 Å². The van der Waals surface area contributed by atoms with Gasteiger partial charge in [0.25, 0.3) is 0 Å². The summed E-state index contributed by atoms with van der Waals surface area (Å²) in [6, 6.07) is 7.30. The van der Waals surface area contributed by atoms with Crippen LogP contribution < -0.4 is 11.1 Å². The van der Waals surface area contributed by atoms with Crippen LogP contribution in [0.5, 0.6) is 0 Å². The third-order valence-electron chi connectivity index (χ3n) is 2.80. The molecule has 0 saturated carbocycles. The van der Waals surface area contributed by atoms with Gasteiger partial charge in [-0.3, -0.25) is 4.79 Å². The van der Waals surface area contributed by atoms with Gasteiger partial charge in [-0.2, -0.15) is 0 Å². The number of benzene rings is 1. The molecule has 1 aromatic carbocycles. The molecule has 2 rings (SSSR count). The summed E-state index contributed by atoms with van der Waals surface area (Å²) in [5.41, 5.74) is 6.80. The molecule has 0 radical (unpaired) electrons. The Hall–Kier alpha value is -1.43. The Morgan fingerprint density at radius 1 is 1.44 bits per heavy atom. The first-order valence-corrected chi connectivity index (χ1v) is 6.04. The number of rotatable bonds is 5. The standard InChI is InChI=1S/C13H18N2O3/c14-13(16)11-3-1-2-10(6-11)7-15-8-12-9-17-4-5-18-12/h1-3,6,12,15H,4-5,7-9H2,(H2,14,16). The second-order valence-corrected chi connectivity index (χ2v) is 4.26. The first kappa shape index (κ1) is 13.0. The van der Waals surface area contributed by atoms with Crippen molar-refractivity contribution in [1.29, 1.82) is 0 Å². The summed E-state index contributed by atoms with van der Waals surface area (Å²) in [5.74, 6) is -0.402. The molecule has 1 unspecified atom stereocenters. The Morgan fingerprint density at radius 2 is 2.33 bits per heavy atom. The van der Waals surface area contributed by atoms with Crippen LogP contribution in [0.15, 0.2) is 24.3 Å². The van der Waals surface area contributed by atoms with E-state index in [9.17, 15) is 4.79 Å². The van der Waals surface area contributed by atoms with E-state index in [1.165, 1.54) is 0 Å². The van der Waals surface area contributed by atoms with Crippen molar-refractivity contribution in [2.75, 3.05) is 26.4 Å². The zero-order valence-corrected chi connectivity index (χ0v) is 10.2. The molecule has 5 nitrogen and oxygen atoms in total. The summed E-state index contributed by atoms with van der Waals surface area (Å²) in [4.78, 5) is 11.0. The van der Waals surface area contributed by atoms with Crippen LogP contribution in [-0.4, -0.2) is 38.4 Å². The van der Waals surface area contributed by atoms with Crippen LogP contribution in [0, 0.1) is 0 Å². The zero-order chi connectivity index (χ0) is 12.8. The highest BCUT2D eigenvalue weighted by molar-refractivity contribution is 5.92. The second-order valence-electron chi connectivity index (χ2n) is 4.26. The average Bonchev–Trinajstić information content (AvgIpc) is 2.40. The van der Waals surface area contributed by atoms with Gasteiger partial charge in [0.1, 0.15) is 0 Å². The molecule has 5 heteroatoms. The van der Waals surface area contributed by atoms with E-state index in [1.807, 2.05) is 12.1 Å². The van der Waals surface area contributed by atoms with Gasteiger partial charge in [0.05, 0.1) is 25.9 Å². The normalized spacial score (nSPS) is 19.7. The van der Waals surface area contributed by atoms with Crippen LogP contribution in [0.2, 0.25) is 0 Å². The number of hydrogen-bond acceptors (Lipinski definition) is 4. The number of carbonyl (C=O) groups excluding carboxylic acids is 1. The molecule has 1 atom stereocenters. The van der Waals surface area contributed by atoms with Gasteiger partial charge in [-0.1, -0.05) is 12.1 Å². The molecule has 0 aliphatic carbocycles. The summed E-state index contributed by atoms with van der Waals surface area (Å²) < 4.78 is 10.8. The lowest BCUT2D eigenvalue weighted by molar-refractivity contribution is -0.0864. The zero-order valence-electron chi connectivity index (χ0n) is 10.2. The maximum atomic E-state index is 11.0. The van der Waals surface area contributed by atoms with Gasteiger partial charge >= 0.3 is 0 Å². The highest BCUT2D eigenvalue weighted by Crippen LogP contribution is 2.05. The summed E-state index contributed by atoms with van der Waals surface area (Å²) >= 11 is 0. The molecule has 0 bridgehead atoms. The summed E-state index contributed by atoms with van der Waals surface area (Å²) in [5, 5.41) is 3.28. The maximum Gasteiger partial charge on any atom is 0.248 e. The van der Waals surface area contributed by atoms with E-state index in [-0.39, 0.29) is 6.10 Å². The van der Waals surface area contributed by atoms with Crippen LogP contribution in [0.4, 0.5) is 0 Å². The van der Waals surface area contributed by atoms with Gasteiger partial charge < -0.3 is 20.5 Å². The number of carbonyl (C=O) groups is 1. The molecule has 98 valence electrons. The van der Waals surface area contributed by atoms with E-state index in [0.29, 0.717) is 31.9 Å². The maximum absolute atomic E-state index is 11.0. The van der Waals surface area contributed by atoms with E-state index < -0.39 is 5.91 Å². The van der Waals surface area contributed by atoms with E-state index in [4.69, 9.17) is 15.2 Å². The Labute approximate surface area is 106 Å². The third kappa shape index (κ3) is 3.80. The Balaban J connectivity index is 1.78. The molecular formula is C13H18N2O3. The second kappa shape index (κ2) is 6.49. The van der Waals surface area contributed by atoms with Crippen molar-refractivity contribution in [3.63, 3.8) is 0 Å². The minimum absolute atomic E-state index is 0.109. The summed E-state index contributed by atoms with van der Waals surface area (Å²) in [6.07, 6.45) is 0.109. The van der Waals surface area contributed by atoms with Gasteiger partial charge in [0.15, 0.2) is 0 Å². The van der Waals surface area contributed by atoms with Crippen molar-refractivity contribution in [3.8, 4) is 0 Å². The van der Waals surface area contributed by atoms with Crippen LogP contribution in [0.25, 0.3) is 0 Å². The van der Waals surface area contributed by atoms with Gasteiger partial charge in [0.2, 0.25) is 5.91 Å². The quantitative estimate of drug-likeness (QED) is 0.788.